The maximum Gasteiger partial charge on any atom is 0.128 e. The highest BCUT2D eigenvalue weighted by Gasteiger charge is 2.26. The lowest BCUT2D eigenvalue weighted by molar-refractivity contribution is 0.445. The maximum absolute atomic E-state index is 11.3. The van der Waals surface area contributed by atoms with Gasteiger partial charge in [-0.2, -0.15) is 0 Å². The fourth-order valence-corrected chi connectivity index (χ4v) is 5.26. The quantitative estimate of drug-likeness (QED) is 0.192. The fourth-order valence-electron chi connectivity index (χ4n) is 5.26. The molecule has 0 amide bonds. The summed E-state index contributed by atoms with van der Waals surface area (Å²) < 4.78 is 0. The van der Waals surface area contributed by atoms with Gasteiger partial charge in [-0.1, -0.05) is 128 Å². The Kier molecular flexibility index (Phi) is 9.74. The van der Waals surface area contributed by atoms with Crippen LogP contribution in [0.25, 0.3) is 12.2 Å². The van der Waals surface area contributed by atoms with Gasteiger partial charge in [0.2, 0.25) is 0 Å². The van der Waals surface area contributed by atoms with E-state index in [0.29, 0.717) is 11.1 Å². The minimum atomic E-state index is -0.424. The Labute approximate surface area is 262 Å². The number of aromatic hydroxyl groups is 2. The van der Waals surface area contributed by atoms with Crippen LogP contribution in [0, 0.1) is 0 Å². The van der Waals surface area contributed by atoms with Gasteiger partial charge in [0.25, 0.3) is 0 Å². The van der Waals surface area contributed by atoms with Crippen molar-refractivity contribution < 1.29 is 10.2 Å². The van der Waals surface area contributed by atoms with Crippen LogP contribution >= 0.6 is 0 Å². The first-order valence-electron chi connectivity index (χ1n) is 15.0. The molecule has 0 unspecified atom stereocenters. The Morgan fingerprint density at radius 2 is 0.909 bits per heavy atom. The highest BCUT2D eigenvalue weighted by molar-refractivity contribution is 5.87. The summed E-state index contributed by atoms with van der Waals surface area (Å²) in [5.74, 6) is 0.415. The summed E-state index contributed by atoms with van der Waals surface area (Å²) in [6.07, 6.45) is 7.06. The van der Waals surface area contributed by atoms with Crippen LogP contribution in [0.4, 0.5) is 0 Å². The number of hydrogen-bond donors (Lipinski definition) is 2. The van der Waals surface area contributed by atoms with Crippen molar-refractivity contribution >= 4 is 24.6 Å². The minimum Gasteiger partial charge on any atom is -0.507 e. The number of rotatable bonds is 9. The average molecular weight is 585 g/mol. The molecule has 4 aromatic carbocycles. The number of benzene rings is 4. The zero-order valence-corrected chi connectivity index (χ0v) is 26.8. The van der Waals surface area contributed by atoms with E-state index in [-0.39, 0.29) is 22.3 Å². The third-order valence-electron chi connectivity index (χ3n) is 7.74. The van der Waals surface area contributed by atoms with E-state index in [0.717, 1.165) is 33.4 Å². The van der Waals surface area contributed by atoms with Crippen molar-refractivity contribution in [3.8, 4) is 11.5 Å². The molecular formula is C40H44N2O2. The molecule has 0 saturated heterocycles. The van der Waals surface area contributed by atoms with E-state index in [1.54, 1.807) is 24.6 Å². The second kappa shape index (κ2) is 13.3. The summed E-state index contributed by atoms with van der Waals surface area (Å²) in [5.41, 5.74) is 6.14. The molecule has 0 aliphatic carbocycles. The number of nitrogens with zero attached hydrogens (tertiary/aromatic N) is 2. The Bertz CT molecular complexity index is 1540. The monoisotopic (exact) mass is 584 g/mol. The van der Waals surface area contributed by atoms with Crippen LogP contribution in [-0.4, -0.2) is 22.6 Å². The van der Waals surface area contributed by atoms with Gasteiger partial charge in [0.05, 0.1) is 0 Å². The van der Waals surface area contributed by atoms with Crippen molar-refractivity contribution in [2.45, 2.75) is 64.5 Å². The first-order chi connectivity index (χ1) is 20.8. The Balaban J connectivity index is 1.90. The molecule has 2 atom stereocenters. The molecule has 0 spiro atoms. The van der Waals surface area contributed by atoms with E-state index in [9.17, 15) is 10.2 Å². The lowest BCUT2D eigenvalue weighted by Gasteiger charge is -2.24. The standard InChI is InChI=1S/C40H44N2O2/c1-9-27-21-31(37(43)33(23-27)39(3,4)5)25-41-35(29-17-13-11-14-18-29)36(30-19-15-12-16-20-30)42-26-32-22-28(10-2)24-34(38(32)44)40(6,7)8/h9-26,35-36,43-44H,1-2H2,3-8H3/t35-,36-/m1/s1. The van der Waals surface area contributed by atoms with Crippen LogP contribution < -0.4 is 0 Å². The van der Waals surface area contributed by atoms with E-state index in [1.807, 2.05) is 84.9 Å². The number of phenolic OH excluding ortho intramolecular Hbond substituents is 2. The highest BCUT2D eigenvalue weighted by atomic mass is 16.3. The molecule has 0 fully saturated rings. The van der Waals surface area contributed by atoms with Gasteiger partial charge in [-0.25, -0.2) is 0 Å². The van der Waals surface area contributed by atoms with Gasteiger partial charge in [0, 0.05) is 34.7 Å². The SMILES string of the molecule is C=Cc1cc(C=N[C@H](c2ccccc2)[C@H](N=Cc2cc(C=C)cc(C(C)(C)C)c2O)c2ccccc2)c(O)c(C(C)(C)C)c1. The van der Waals surface area contributed by atoms with Crippen LogP contribution in [0.3, 0.4) is 0 Å². The molecule has 0 saturated carbocycles. The van der Waals surface area contributed by atoms with Crippen molar-refractivity contribution in [1.82, 2.24) is 0 Å². The Morgan fingerprint density at radius 3 is 1.20 bits per heavy atom. The maximum atomic E-state index is 11.3. The minimum absolute atomic E-state index is 0.208. The second-order valence-corrected chi connectivity index (χ2v) is 13.2. The van der Waals surface area contributed by atoms with Gasteiger partial charge in [-0.15, -0.1) is 0 Å². The molecule has 0 aliphatic rings. The molecule has 226 valence electrons. The normalized spacial score (nSPS) is 13.7. The van der Waals surface area contributed by atoms with Crippen molar-refractivity contribution in [3.63, 3.8) is 0 Å². The first kappa shape index (κ1) is 32.2. The molecular weight excluding hydrogens is 540 g/mol. The van der Waals surface area contributed by atoms with Crippen LogP contribution in [0.15, 0.2) is 108 Å². The van der Waals surface area contributed by atoms with Gasteiger partial charge in [-0.05, 0) is 57.3 Å². The van der Waals surface area contributed by atoms with Gasteiger partial charge in [-0.3, -0.25) is 9.98 Å². The van der Waals surface area contributed by atoms with E-state index >= 15 is 0 Å². The van der Waals surface area contributed by atoms with E-state index in [4.69, 9.17) is 9.98 Å². The number of phenols is 2. The summed E-state index contributed by atoms with van der Waals surface area (Å²) in [4.78, 5) is 10.2. The van der Waals surface area contributed by atoms with Crippen LogP contribution in [-0.2, 0) is 10.8 Å². The van der Waals surface area contributed by atoms with Crippen molar-refractivity contribution in [2.75, 3.05) is 0 Å². The van der Waals surface area contributed by atoms with Crippen LogP contribution in [0.2, 0.25) is 0 Å². The zero-order chi connectivity index (χ0) is 32.1. The summed E-state index contributed by atoms with van der Waals surface area (Å²) in [6, 6.07) is 27.0. The average Bonchev–Trinajstić information content (AvgIpc) is 2.99. The zero-order valence-electron chi connectivity index (χ0n) is 26.8. The predicted octanol–water partition coefficient (Wildman–Crippen LogP) is 10.00. The van der Waals surface area contributed by atoms with Crippen LogP contribution in [0.1, 0.15) is 98.1 Å². The fraction of sp³-hybridized carbons (Fsp3) is 0.250. The van der Waals surface area contributed by atoms with Gasteiger partial charge >= 0.3 is 0 Å². The molecule has 0 aliphatic heterocycles. The third kappa shape index (κ3) is 7.44. The largest absolute Gasteiger partial charge is 0.507 e. The van der Waals surface area contributed by atoms with Gasteiger partial charge in [0.1, 0.15) is 23.6 Å². The molecule has 4 aromatic rings. The van der Waals surface area contributed by atoms with Crippen LogP contribution in [0.5, 0.6) is 11.5 Å². The first-order valence-corrected chi connectivity index (χ1v) is 15.0. The molecule has 44 heavy (non-hydrogen) atoms. The molecule has 2 N–H and O–H groups in total. The van der Waals surface area contributed by atoms with E-state index in [1.165, 1.54) is 0 Å². The van der Waals surface area contributed by atoms with E-state index in [2.05, 4.69) is 54.7 Å². The lowest BCUT2D eigenvalue weighted by Crippen LogP contribution is -2.13. The second-order valence-electron chi connectivity index (χ2n) is 13.2. The smallest absolute Gasteiger partial charge is 0.128 e. The van der Waals surface area contributed by atoms with Crippen molar-refractivity contribution in [1.29, 1.82) is 0 Å². The lowest BCUT2D eigenvalue weighted by atomic mass is 9.84. The molecule has 0 radical (unpaired) electrons. The topological polar surface area (TPSA) is 65.2 Å². The molecule has 4 rings (SSSR count). The Hall–Kier alpha value is -4.70. The summed E-state index contributed by atoms with van der Waals surface area (Å²) in [5, 5.41) is 22.6. The molecule has 0 aromatic heterocycles. The summed E-state index contributed by atoms with van der Waals surface area (Å²) >= 11 is 0. The number of hydrogen-bond acceptors (Lipinski definition) is 4. The third-order valence-corrected chi connectivity index (χ3v) is 7.74. The van der Waals surface area contributed by atoms with Gasteiger partial charge < -0.3 is 10.2 Å². The summed E-state index contributed by atoms with van der Waals surface area (Å²) in [6.45, 7) is 20.4. The predicted molar refractivity (Wildman–Crippen MR) is 187 cm³/mol. The molecule has 4 nitrogen and oxygen atoms in total. The molecule has 0 bridgehead atoms. The van der Waals surface area contributed by atoms with Gasteiger partial charge in [0.15, 0.2) is 0 Å². The highest BCUT2D eigenvalue weighted by Crippen LogP contribution is 2.39. The van der Waals surface area contributed by atoms with Crippen molar-refractivity contribution in [2.24, 2.45) is 9.98 Å². The molecule has 0 heterocycles. The van der Waals surface area contributed by atoms with E-state index < -0.39 is 12.1 Å². The summed E-state index contributed by atoms with van der Waals surface area (Å²) in [7, 11) is 0. The Morgan fingerprint density at radius 1 is 0.568 bits per heavy atom. The van der Waals surface area contributed by atoms with Crippen molar-refractivity contribution in [3.05, 3.63) is 143 Å². The molecule has 4 heteroatoms. The number of aliphatic imine (C=N–C) groups is 2.